The molecule has 2 nitrogen and oxygen atoms in total. The standard InChI is InChI=1S/C20H16O2S/c21-18(19-12-7-15-23-19)13-14-20(22,16-8-3-1-4-9-16)17-10-5-2-6-11-17/h1-12,15,18,21-22H. The molecule has 0 aliphatic carbocycles. The van der Waals surface area contributed by atoms with Crippen LogP contribution in [0.4, 0.5) is 0 Å². The van der Waals surface area contributed by atoms with Crippen molar-refractivity contribution < 1.29 is 10.2 Å². The Balaban J connectivity index is 2.04. The van der Waals surface area contributed by atoms with Crippen molar-refractivity contribution in [3.63, 3.8) is 0 Å². The van der Waals surface area contributed by atoms with Gasteiger partial charge in [-0.2, -0.15) is 0 Å². The van der Waals surface area contributed by atoms with E-state index < -0.39 is 11.7 Å². The lowest BCUT2D eigenvalue weighted by atomic mass is 9.87. The minimum atomic E-state index is -1.46. The number of hydrogen-bond acceptors (Lipinski definition) is 3. The maximum atomic E-state index is 11.2. The van der Waals surface area contributed by atoms with E-state index in [9.17, 15) is 10.2 Å². The molecule has 2 N–H and O–H groups in total. The van der Waals surface area contributed by atoms with Crippen molar-refractivity contribution >= 4 is 11.3 Å². The summed E-state index contributed by atoms with van der Waals surface area (Å²) in [5.74, 6) is 5.67. The summed E-state index contributed by atoms with van der Waals surface area (Å²) in [5, 5.41) is 23.3. The van der Waals surface area contributed by atoms with Crippen molar-refractivity contribution in [3.05, 3.63) is 94.2 Å². The maximum absolute atomic E-state index is 11.2. The Bertz CT molecular complexity index is 760. The Labute approximate surface area is 139 Å². The largest absolute Gasteiger partial charge is 0.375 e. The summed E-state index contributed by atoms with van der Waals surface area (Å²) in [6.07, 6.45) is -0.908. The van der Waals surface area contributed by atoms with E-state index in [1.54, 1.807) is 0 Å². The van der Waals surface area contributed by atoms with Crippen molar-refractivity contribution in [1.29, 1.82) is 0 Å². The SMILES string of the molecule is OC(C#CC(O)(c1ccccc1)c1ccccc1)c1cccs1. The molecular weight excluding hydrogens is 304 g/mol. The van der Waals surface area contributed by atoms with Gasteiger partial charge in [-0.25, -0.2) is 0 Å². The van der Waals surface area contributed by atoms with Gasteiger partial charge in [0.05, 0.1) is 0 Å². The first kappa shape index (κ1) is 15.5. The van der Waals surface area contributed by atoms with Gasteiger partial charge in [-0.05, 0) is 11.4 Å². The average molecular weight is 320 g/mol. The molecule has 0 aliphatic heterocycles. The van der Waals surface area contributed by atoms with Gasteiger partial charge in [0.1, 0.15) is 6.10 Å². The molecule has 0 amide bonds. The fourth-order valence-electron chi connectivity index (χ4n) is 2.36. The summed E-state index contributed by atoms with van der Waals surface area (Å²) < 4.78 is 0. The van der Waals surface area contributed by atoms with Crippen LogP contribution in [0.15, 0.2) is 78.2 Å². The molecule has 0 saturated carbocycles. The van der Waals surface area contributed by atoms with E-state index in [0.29, 0.717) is 11.1 Å². The summed E-state index contributed by atoms with van der Waals surface area (Å²) in [6.45, 7) is 0. The third-order valence-electron chi connectivity index (χ3n) is 3.59. The molecular formula is C20H16O2S. The number of thiophene rings is 1. The summed E-state index contributed by atoms with van der Waals surface area (Å²) in [7, 11) is 0. The van der Waals surface area contributed by atoms with E-state index in [0.717, 1.165) is 4.88 Å². The Morgan fingerprint density at radius 3 is 1.87 bits per heavy atom. The van der Waals surface area contributed by atoms with Crippen LogP contribution in [-0.4, -0.2) is 10.2 Å². The first-order valence-electron chi connectivity index (χ1n) is 7.28. The summed E-state index contributed by atoms with van der Waals surface area (Å²) in [5.41, 5.74) is -0.102. The molecule has 114 valence electrons. The number of aliphatic hydroxyl groups is 2. The highest BCUT2D eigenvalue weighted by Crippen LogP contribution is 2.29. The topological polar surface area (TPSA) is 40.5 Å². The molecule has 3 aromatic rings. The molecule has 1 aromatic heterocycles. The van der Waals surface area contributed by atoms with Crippen LogP contribution < -0.4 is 0 Å². The zero-order valence-corrected chi connectivity index (χ0v) is 13.2. The second kappa shape index (κ2) is 6.80. The highest BCUT2D eigenvalue weighted by Gasteiger charge is 2.29. The molecule has 0 saturated heterocycles. The second-order valence-electron chi connectivity index (χ2n) is 5.13. The Morgan fingerprint density at radius 2 is 1.39 bits per heavy atom. The highest BCUT2D eigenvalue weighted by molar-refractivity contribution is 7.10. The third kappa shape index (κ3) is 3.35. The molecule has 1 heterocycles. The maximum Gasteiger partial charge on any atom is 0.176 e. The predicted octanol–water partition coefficient (Wildman–Crippen LogP) is 3.72. The minimum Gasteiger partial charge on any atom is -0.375 e. The molecule has 3 heteroatoms. The number of rotatable bonds is 3. The zero-order chi connectivity index (χ0) is 16.1. The van der Waals surface area contributed by atoms with Crippen LogP contribution in [0.25, 0.3) is 0 Å². The Morgan fingerprint density at radius 1 is 0.826 bits per heavy atom. The van der Waals surface area contributed by atoms with Crippen molar-refractivity contribution in [1.82, 2.24) is 0 Å². The molecule has 0 spiro atoms. The van der Waals surface area contributed by atoms with Crippen molar-refractivity contribution in [2.75, 3.05) is 0 Å². The Kier molecular flexibility index (Phi) is 4.59. The van der Waals surface area contributed by atoms with Gasteiger partial charge in [0, 0.05) is 16.0 Å². The zero-order valence-electron chi connectivity index (χ0n) is 12.4. The van der Waals surface area contributed by atoms with Crippen LogP contribution >= 0.6 is 11.3 Å². The van der Waals surface area contributed by atoms with Gasteiger partial charge in [-0.1, -0.05) is 78.6 Å². The van der Waals surface area contributed by atoms with E-state index in [1.165, 1.54) is 11.3 Å². The van der Waals surface area contributed by atoms with Crippen molar-refractivity contribution in [2.45, 2.75) is 11.7 Å². The quantitative estimate of drug-likeness (QED) is 0.722. The van der Waals surface area contributed by atoms with E-state index in [-0.39, 0.29) is 0 Å². The van der Waals surface area contributed by atoms with Crippen LogP contribution in [-0.2, 0) is 5.60 Å². The summed E-state index contributed by atoms with van der Waals surface area (Å²) in [6, 6.07) is 22.3. The van der Waals surface area contributed by atoms with Crippen LogP contribution in [0.1, 0.15) is 22.1 Å². The fraction of sp³-hybridized carbons (Fsp3) is 0.100. The molecule has 3 rings (SSSR count). The highest BCUT2D eigenvalue weighted by atomic mass is 32.1. The van der Waals surface area contributed by atoms with Crippen molar-refractivity contribution in [3.8, 4) is 11.8 Å². The van der Waals surface area contributed by atoms with E-state index in [1.807, 2.05) is 78.2 Å². The van der Waals surface area contributed by atoms with Crippen LogP contribution in [0.2, 0.25) is 0 Å². The second-order valence-corrected chi connectivity index (χ2v) is 6.11. The normalized spacial score (nSPS) is 12.3. The molecule has 1 unspecified atom stereocenters. The molecule has 0 aliphatic rings. The molecule has 23 heavy (non-hydrogen) atoms. The average Bonchev–Trinajstić information content (AvgIpc) is 3.16. The van der Waals surface area contributed by atoms with Crippen LogP contribution in [0.5, 0.6) is 0 Å². The van der Waals surface area contributed by atoms with E-state index in [4.69, 9.17) is 0 Å². The molecule has 0 radical (unpaired) electrons. The summed E-state index contributed by atoms with van der Waals surface area (Å²) >= 11 is 1.44. The number of aliphatic hydroxyl groups excluding tert-OH is 1. The lowest BCUT2D eigenvalue weighted by Crippen LogP contribution is -2.25. The predicted molar refractivity (Wildman–Crippen MR) is 92.9 cm³/mol. The van der Waals surface area contributed by atoms with E-state index >= 15 is 0 Å². The van der Waals surface area contributed by atoms with Gasteiger partial charge in [0.2, 0.25) is 0 Å². The van der Waals surface area contributed by atoms with Gasteiger partial charge in [-0.15, -0.1) is 11.3 Å². The van der Waals surface area contributed by atoms with Crippen LogP contribution in [0.3, 0.4) is 0 Å². The molecule has 1 atom stereocenters. The van der Waals surface area contributed by atoms with Crippen molar-refractivity contribution in [2.24, 2.45) is 0 Å². The lowest BCUT2D eigenvalue weighted by Gasteiger charge is -2.23. The van der Waals surface area contributed by atoms with Gasteiger partial charge in [0.25, 0.3) is 0 Å². The monoisotopic (exact) mass is 320 g/mol. The first-order valence-corrected chi connectivity index (χ1v) is 8.16. The lowest BCUT2D eigenvalue weighted by molar-refractivity contribution is 0.144. The Hall–Kier alpha value is -2.38. The van der Waals surface area contributed by atoms with E-state index in [2.05, 4.69) is 11.8 Å². The molecule has 0 bridgehead atoms. The first-order chi connectivity index (χ1) is 11.2. The minimum absolute atomic E-state index is 0.678. The van der Waals surface area contributed by atoms with Gasteiger partial charge >= 0.3 is 0 Å². The van der Waals surface area contributed by atoms with Gasteiger partial charge in [-0.3, -0.25) is 0 Å². The van der Waals surface area contributed by atoms with Gasteiger partial charge < -0.3 is 10.2 Å². The van der Waals surface area contributed by atoms with Gasteiger partial charge in [0.15, 0.2) is 5.60 Å². The number of hydrogen-bond donors (Lipinski definition) is 2. The smallest absolute Gasteiger partial charge is 0.176 e. The fourth-order valence-corrected chi connectivity index (χ4v) is 3.02. The third-order valence-corrected chi connectivity index (χ3v) is 4.51. The molecule has 2 aromatic carbocycles. The number of benzene rings is 2. The summed E-state index contributed by atoms with van der Waals surface area (Å²) in [4.78, 5) is 0.765. The van der Waals surface area contributed by atoms with Crippen LogP contribution in [0, 0.1) is 11.8 Å². The molecule has 0 fully saturated rings.